The number of hydrogen-bond donors (Lipinski definition) is 2. The molecule has 3 N–H and O–H groups in total. The smallest absolute Gasteiger partial charge is 0.462 e. The number of allylic oxidation sites excluding steroid dienone is 18. The van der Waals surface area contributed by atoms with Gasteiger partial charge in [-0.3, -0.25) is 18.6 Å². The molecule has 2 atom stereocenters. The van der Waals surface area contributed by atoms with Gasteiger partial charge >= 0.3 is 19.8 Å². The number of ether oxygens (including phenoxy) is 2. The number of carbonyl (C=O) groups is 2. The third-order valence-electron chi connectivity index (χ3n) is 14.9. The number of phosphoric acid groups is 1. The molecule has 10 heteroatoms. The van der Waals surface area contributed by atoms with Gasteiger partial charge in [-0.2, -0.15) is 0 Å². The van der Waals surface area contributed by atoms with Crippen LogP contribution in [-0.4, -0.2) is 49.3 Å². The average Bonchev–Trinajstić information content (AvgIpc) is 3.58. The Morgan fingerprint density at radius 1 is 0.369 bits per heavy atom. The normalized spacial score (nSPS) is 13.6. The molecule has 0 bridgehead atoms. The summed E-state index contributed by atoms with van der Waals surface area (Å²) in [5.41, 5.74) is 5.40. The summed E-state index contributed by atoms with van der Waals surface area (Å²) >= 11 is 0. The molecule has 0 aromatic carbocycles. The topological polar surface area (TPSA) is 134 Å². The Morgan fingerprint density at radius 2 is 0.655 bits per heavy atom. The third kappa shape index (κ3) is 67.8. The molecule has 0 aliphatic heterocycles. The maximum absolute atomic E-state index is 12.8. The van der Waals surface area contributed by atoms with E-state index < -0.39 is 26.5 Å². The Bertz CT molecular complexity index is 1740. The molecule has 0 heterocycles. The molecule has 0 spiro atoms. The Hall–Kier alpha value is -3.33. The van der Waals surface area contributed by atoms with Crippen LogP contribution in [0.15, 0.2) is 109 Å². The molecule has 0 radical (unpaired) electrons. The van der Waals surface area contributed by atoms with Crippen molar-refractivity contribution in [2.24, 2.45) is 5.73 Å². The standard InChI is InChI=1S/C74H130NO8P/c1-3-5-7-9-11-13-15-17-19-21-23-25-27-29-31-33-34-35-36-37-38-39-41-43-45-47-49-51-53-55-57-59-61-63-65-67-74(77)83-72(71-82-84(78,79)81-69-68-75)70-80-73(76)66-64-62-60-58-56-54-52-50-48-46-44-42-40-32-30-28-26-24-22-20-18-16-14-12-10-8-6-4-2/h5,7,11,13,17,19,23,25,29,31,34-35,37-38,41,43,47,49,72H,3-4,6,8-10,12,14-16,18,20-22,24,26-28,30,32-33,36,39-40,42,44-46,48,50-71,75H2,1-2H3,(H,78,79)/b7-5-,13-11-,19-17-,25-23-,31-29-,35-34-,38-37-,43-41-,49-47-. The van der Waals surface area contributed by atoms with Crippen molar-refractivity contribution in [3.8, 4) is 0 Å². The van der Waals surface area contributed by atoms with Crippen molar-refractivity contribution < 1.29 is 37.6 Å². The molecular formula is C74H130NO8P. The maximum Gasteiger partial charge on any atom is 0.472 e. The van der Waals surface area contributed by atoms with Crippen LogP contribution in [0.4, 0.5) is 0 Å². The first-order valence-electron chi connectivity index (χ1n) is 34.9. The molecule has 0 aromatic heterocycles. The summed E-state index contributed by atoms with van der Waals surface area (Å²) in [6, 6.07) is 0. The second kappa shape index (κ2) is 68.8. The van der Waals surface area contributed by atoms with E-state index in [0.717, 1.165) is 103 Å². The van der Waals surface area contributed by atoms with Gasteiger partial charge in [0.25, 0.3) is 0 Å². The Balaban J connectivity index is 3.94. The first-order chi connectivity index (χ1) is 41.3. The van der Waals surface area contributed by atoms with Crippen LogP contribution in [-0.2, 0) is 32.7 Å². The maximum atomic E-state index is 12.8. The van der Waals surface area contributed by atoms with Crippen LogP contribution >= 0.6 is 7.82 Å². The van der Waals surface area contributed by atoms with Gasteiger partial charge in [-0.1, -0.05) is 329 Å². The van der Waals surface area contributed by atoms with Gasteiger partial charge in [0.15, 0.2) is 6.10 Å². The molecule has 0 rings (SSSR count). The lowest BCUT2D eigenvalue weighted by Crippen LogP contribution is -2.29. The summed E-state index contributed by atoms with van der Waals surface area (Å²) in [6.07, 6.45) is 94.6. The molecule has 0 aliphatic carbocycles. The lowest BCUT2D eigenvalue weighted by Gasteiger charge is -2.19. The van der Waals surface area contributed by atoms with Crippen LogP contribution < -0.4 is 5.73 Å². The molecule has 0 fully saturated rings. The van der Waals surface area contributed by atoms with Crippen LogP contribution in [0.2, 0.25) is 0 Å². The van der Waals surface area contributed by atoms with Crippen molar-refractivity contribution in [1.29, 1.82) is 0 Å². The minimum atomic E-state index is -4.40. The number of hydrogen-bond acceptors (Lipinski definition) is 8. The highest BCUT2D eigenvalue weighted by Gasteiger charge is 2.26. The van der Waals surface area contributed by atoms with Crippen molar-refractivity contribution in [3.05, 3.63) is 109 Å². The van der Waals surface area contributed by atoms with Crippen LogP contribution in [0.5, 0.6) is 0 Å². The van der Waals surface area contributed by atoms with E-state index in [2.05, 4.69) is 123 Å². The zero-order chi connectivity index (χ0) is 60.9. The predicted molar refractivity (Wildman–Crippen MR) is 362 cm³/mol. The molecule has 0 aliphatic rings. The van der Waals surface area contributed by atoms with E-state index in [0.29, 0.717) is 6.42 Å². The SMILES string of the molecule is CC/C=C\C/C=C\C/C=C\C/C=C\C/C=C\C/C=C\C/C=C\C/C=C\C/C=C\CCCCCCCCCC(=O)OC(COC(=O)CCCCCCCCCCCCCCCCCCCCCCCCCCCCCC)COP(=O)(O)OCCN. The monoisotopic (exact) mass is 1190 g/mol. The number of nitrogens with two attached hydrogens (primary N) is 1. The summed E-state index contributed by atoms with van der Waals surface area (Å²) in [6.45, 7) is 3.65. The fourth-order valence-electron chi connectivity index (χ4n) is 9.81. The highest BCUT2D eigenvalue weighted by atomic mass is 31.2. The van der Waals surface area contributed by atoms with Gasteiger partial charge in [0.2, 0.25) is 0 Å². The van der Waals surface area contributed by atoms with E-state index in [1.807, 2.05) is 0 Å². The Morgan fingerprint density at radius 3 is 0.976 bits per heavy atom. The number of phosphoric ester groups is 1. The summed E-state index contributed by atoms with van der Waals surface area (Å²) in [4.78, 5) is 35.4. The van der Waals surface area contributed by atoms with Gasteiger partial charge in [0, 0.05) is 19.4 Å². The third-order valence-corrected chi connectivity index (χ3v) is 15.9. The van der Waals surface area contributed by atoms with Gasteiger partial charge in [-0.25, -0.2) is 4.57 Å². The summed E-state index contributed by atoms with van der Waals surface area (Å²) in [5.74, 6) is -0.834. The summed E-state index contributed by atoms with van der Waals surface area (Å²) in [7, 11) is -4.40. The number of rotatable bonds is 65. The van der Waals surface area contributed by atoms with Gasteiger partial charge in [-0.05, 0) is 83.5 Å². The lowest BCUT2D eigenvalue weighted by molar-refractivity contribution is -0.161. The van der Waals surface area contributed by atoms with Crippen molar-refractivity contribution in [2.45, 2.75) is 322 Å². The van der Waals surface area contributed by atoms with Gasteiger partial charge in [-0.15, -0.1) is 0 Å². The molecule has 84 heavy (non-hydrogen) atoms. The molecule has 484 valence electrons. The Labute approximate surface area is 518 Å². The average molecular weight is 1190 g/mol. The molecule has 0 saturated carbocycles. The first-order valence-corrected chi connectivity index (χ1v) is 36.4. The number of esters is 2. The van der Waals surface area contributed by atoms with Crippen LogP contribution in [0, 0.1) is 0 Å². The fraction of sp³-hybridized carbons (Fsp3) is 0.730. The second-order valence-electron chi connectivity index (χ2n) is 23.0. The highest BCUT2D eigenvalue weighted by Crippen LogP contribution is 2.43. The lowest BCUT2D eigenvalue weighted by atomic mass is 10.0. The van der Waals surface area contributed by atoms with E-state index in [4.69, 9.17) is 24.3 Å². The predicted octanol–water partition coefficient (Wildman–Crippen LogP) is 22.9. The van der Waals surface area contributed by atoms with Crippen molar-refractivity contribution in [3.63, 3.8) is 0 Å². The van der Waals surface area contributed by atoms with Gasteiger partial charge in [0.05, 0.1) is 13.2 Å². The van der Waals surface area contributed by atoms with Crippen LogP contribution in [0.25, 0.3) is 0 Å². The highest BCUT2D eigenvalue weighted by molar-refractivity contribution is 7.47. The molecular weight excluding hydrogens is 1060 g/mol. The minimum absolute atomic E-state index is 0.0478. The van der Waals surface area contributed by atoms with Crippen LogP contribution in [0.1, 0.15) is 316 Å². The van der Waals surface area contributed by atoms with Crippen molar-refractivity contribution in [2.75, 3.05) is 26.4 Å². The van der Waals surface area contributed by atoms with E-state index in [-0.39, 0.29) is 38.6 Å². The van der Waals surface area contributed by atoms with Crippen LogP contribution in [0.3, 0.4) is 0 Å². The Kier molecular flexibility index (Phi) is 66.1. The molecule has 9 nitrogen and oxygen atoms in total. The van der Waals surface area contributed by atoms with E-state index in [1.54, 1.807) is 0 Å². The molecule has 0 amide bonds. The summed E-state index contributed by atoms with van der Waals surface area (Å²) < 4.78 is 33.2. The van der Waals surface area contributed by atoms with Gasteiger partial charge < -0.3 is 20.1 Å². The largest absolute Gasteiger partial charge is 0.472 e. The quantitative estimate of drug-likeness (QED) is 0.0264. The molecule has 2 unspecified atom stereocenters. The minimum Gasteiger partial charge on any atom is -0.462 e. The fourth-order valence-corrected chi connectivity index (χ4v) is 10.6. The second-order valence-corrected chi connectivity index (χ2v) is 24.5. The van der Waals surface area contributed by atoms with E-state index >= 15 is 0 Å². The van der Waals surface area contributed by atoms with E-state index in [1.165, 1.54) is 180 Å². The van der Waals surface area contributed by atoms with Gasteiger partial charge in [0.1, 0.15) is 6.61 Å². The zero-order valence-electron chi connectivity index (χ0n) is 54.4. The van der Waals surface area contributed by atoms with Crippen molar-refractivity contribution >= 4 is 19.8 Å². The molecule has 0 saturated heterocycles. The van der Waals surface area contributed by atoms with E-state index in [9.17, 15) is 19.0 Å². The molecule has 0 aromatic rings. The van der Waals surface area contributed by atoms with Crippen molar-refractivity contribution in [1.82, 2.24) is 0 Å². The first kappa shape index (κ1) is 80.7. The number of unbranched alkanes of at least 4 members (excludes halogenated alkanes) is 34. The zero-order valence-corrected chi connectivity index (χ0v) is 55.3. The summed E-state index contributed by atoms with van der Waals surface area (Å²) in [5, 5.41) is 0. The number of carbonyl (C=O) groups excluding carboxylic acids is 2.